The zero-order valence-corrected chi connectivity index (χ0v) is 22.3. The normalized spacial score (nSPS) is 18.6. The van der Waals surface area contributed by atoms with Crippen LogP contribution in [0.1, 0.15) is 42.6 Å². The van der Waals surface area contributed by atoms with Crippen LogP contribution in [-0.2, 0) is 9.47 Å². The third kappa shape index (κ3) is 5.26. The Morgan fingerprint density at radius 2 is 1.69 bits per heavy atom. The number of ether oxygens (including phenoxy) is 3. The van der Waals surface area contributed by atoms with Crippen LogP contribution < -0.4 is 15.7 Å². The molecule has 8 nitrogen and oxygen atoms in total. The second-order valence-corrected chi connectivity index (χ2v) is 10.1. The fourth-order valence-electron chi connectivity index (χ4n) is 4.97. The minimum Gasteiger partial charge on any atom is -0.505 e. The molecule has 0 unspecified atom stereocenters. The molecule has 1 aromatic heterocycles. The van der Waals surface area contributed by atoms with Gasteiger partial charge in [-0.2, -0.15) is 0 Å². The molecule has 2 N–H and O–H groups in total. The first-order valence-electron chi connectivity index (χ1n) is 12.8. The third-order valence-corrected chi connectivity index (χ3v) is 7.16. The van der Waals surface area contributed by atoms with Crippen LogP contribution in [0.25, 0.3) is 22.1 Å². The zero-order chi connectivity index (χ0) is 27.7. The molecule has 0 radical (unpaired) electrons. The number of hydrogen-bond donors (Lipinski definition) is 2. The van der Waals surface area contributed by atoms with E-state index in [-0.39, 0.29) is 28.5 Å². The molecule has 1 aliphatic heterocycles. The number of amides is 1. The van der Waals surface area contributed by atoms with E-state index < -0.39 is 23.4 Å². The van der Waals surface area contributed by atoms with Gasteiger partial charge in [-0.1, -0.05) is 42.5 Å². The lowest BCUT2D eigenvalue weighted by atomic mass is 9.94. The van der Waals surface area contributed by atoms with E-state index in [9.17, 15) is 14.7 Å². The van der Waals surface area contributed by atoms with Gasteiger partial charge in [0.15, 0.2) is 11.4 Å². The van der Waals surface area contributed by atoms with Gasteiger partial charge >= 0.3 is 5.63 Å². The number of carbonyl (C=O) groups excluding carboxylic acids is 1. The van der Waals surface area contributed by atoms with E-state index in [4.69, 9.17) is 18.6 Å². The molecule has 202 valence electrons. The van der Waals surface area contributed by atoms with Gasteiger partial charge in [-0.3, -0.25) is 4.79 Å². The Bertz CT molecular complexity index is 1560. The summed E-state index contributed by atoms with van der Waals surface area (Å²) in [7, 11) is 1.66. The quantitative estimate of drug-likeness (QED) is 0.294. The number of aromatic hydroxyl groups is 1. The van der Waals surface area contributed by atoms with Crippen LogP contribution in [0.5, 0.6) is 11.5 Å². The molecule has 2 atom stereocenters. The Kier molecular flexibility index (Phi) is 7.16. The molecular formula is C31H31NO7. The molecule has 1 amide bonds. The first-order valence-corrected chi connectivity index (χ1v) is 12.8. The second kappa shape index (κ2) is 10.6. The number of aryl methyl sites for hydroxylation is 1. The highest BCUT2D eigenvalue weighted by Crippen LogP contribution is 2.37. The maximum Gasteiger partial charge on any atom is 0.364 e. The van der Waals surface area contributed by atoms with Crippen LogP contribution in [0.2, 0.25) is 0 Å². The van der Waals surface area contributed by atoms with Crippen LogP contribution >= 0.6 is 0 Å². The van der Waals surface area contributed by atoms with E-state index in [0.29, 0.717) is 23.3 Å². The van der Waals surface area contributed by atoms with Crippen molar-refractivity contribution in [3.8, 4) is 22.6 Å². The lowest BCUT2D eigenvalue weighted by Crippen LogP contribution is -2.49. The summed E-state index contributed by atoms with van der Waals surface area (Å²) in [6.45, 7) is 5.64. The predicted molar refractivity (Wildman–Crippen MR) is 148 cm³/mol. The van der Waals surface area contributed by atoms with Gasteiger partial charge < -0.3 is 29.1 Å². The van der Waals surface area contributed by atoms with Gasteiger partial charge in [0.1, 0.15) is 11.3 Å². The van der Waals surface area contributed by atoms with E-state index in [1.54, 1.807) is 38.3 Å². The number of benzene rings is 3. The number of rotatable bonds is 6. The highest BCUT2D eigenvalue weighted by atomic mass is 16.7. The average molecular weight is 530 g/mol. The van der Waals surface area contributed by atoms with Gasteiger partial charge in [0, 0.05) is 24.7 Å². The largest absolute Gasteiger partial charge is 0.505 e. The summed E-state index contributed by atoms with van der Waals surface area (Å²) in [4.78, 5) is 25.7. The van der Waals surface area contributed by atoms with E-state index in [0.717, 1.165) is 17.5 Å². The average Bonchev–Trinajstić information content (AvgIpc) is 2.93. The molecule has 39 heavy (non-hydrogen) atoms. The molecule has 3 aromatic carbocycles. The van der Waals surface area contributed by atoms with Gasteiger partial charge in [0.05, 0.1) is 17.1 Å². The summed E-state index contributed by atoms with van der Waals surface area (Å²) in [5.74, 6) is -0.445. The van der Waals surface area contributed by atoms with Crippen LogP contribution in [-0.4, -0.2) is 36.1 Å². The maximum atomic E-state index is 12.9. The highest BCUT2D eigenvalue weighted by molar-refractivity contribution is 6.06. The molecule has 0 saturated carbocycles. The molecule has 8 heteroatoms. The molecule has 1 saturated heterocycles. The first kappa shape index (κ1) is 26.5. The third-order valence-electron chi connectivity index (χ3n) is 7.16. The summed E-state index contributed by atoms with van der Waals surface area (Å²) < 4.78 is 23.3. The van der Waals surface area contributed by atoms with E-state index in [1.807, 2.05) is 56.3 Å². The van der Waals surface area contributed by atoms with Crippen molar-refractivity contribution in [3.05, 3.63) is 88.3 Å². The summed E-state index contributed by atoms with van der Waals surface area (Å²) in [6, 6.07) is 20.0. The molecule has 1 fully saturated rings. The van der Waals surface area contributed by atoms with Crippen molar-refractivity contribution in [1.82, 2.24) is 0 Å². The van der Waals surface area contributed by atoms with E-state index in [1.165, 1.54) is 0 Å². The van der Waals surface area contributed by atoms with E-state index in [2.05, 4.69) is 5.32 Å². The molecule has 0 aliphatic carbocycles. The van der Waals surface area contributed by atoms with E-state index >= 15 is 0 Å². The second-order valence-electron chi connectivity index (χ2n) is 10.1. The molecule has 4 aromatic rings. The van der Waals surface area contributed by atoms with Gasteiger partial charge in [-0.15, -0.1) is 0 Å². The van der Waals surface area contributed by atoms with Gasteiger partial charge in [-0.25, -0.2) is 4.79 Å². The number of nitrogens with one attached hydrogen (secondary N) is 1. The summed E-state index contributed by atoms with van der Waals surface area (Å²) >= 11 is 0. The van der Waals surface area contributed by atoms with Gasteiger partial charge in [-0.05, 0) is 62.6 Å². The van der Waals surface area contributed by atoms with Crippen LogP contribution in [0.3, 0.4) is 0 Å². The zero-order valence-electron chi connectivity index (χ0n) is 22.3. The van der Waals surface area contributed by atoms with Gasteiger partial charge in [0.25, 0.3) is 5.91 Å². The number of fused-ring (bicyclic) bond motifs is 1. The Morgan fingerprint density at radius 1 is 1.00 bits per heavy atom. The number of hydrogen-bond acceptors (Lipinski definition) is 7. The summed E-state index contributed by atoms with van der Waals surface area (Å²) in [5.41, 5.74) is 1.29. The number of methoxy groups -OCH3 is 1. The number of carbonyl (C=O) groups is 1. The van der Waals surface area contributed by atoms with Crippen molar-refractivity contribution in [2.75, 3.05) is 12.4 Å². The molecular weight excluding hydrogens is 498 g/mol. The van der Waals surface area contributed by atoms with Crippen LogP contribution in [0.15, 0.2) is 75.9 Å². The smallest absolute Gasteiger partial charge is 0.364 e. The summed E-state index contributed by atoms with van der Waals surface area (Å²) in [6.07, 6.45) is 0.857. The Labute approximate surface area is 226 Å². The predicted octanol–water partition coefficient (Wildman–Crippen LogP) is 6.04. The minimum atomic E-state index is -0.868. The fraction of sp³-hybridized carbons (Fsp3) is 0.290. The molecule has 1 aliphatic rings. The van der Waals surface area contributed by atoms with Crippen molar-refractivity contribution in [2.45, 2.75) is 51.6 Å². The minimum absolute atomic E-state index is 0.0413. The summed E-state index contributed by atoms with van der Waals surface area (Å²) in [5, 5.41) is 13.7. The van der Waals surface area contributed by atoms with Gasteiger partial charge in [0.2, 0.25) is 6.29 Å². The van der Waals surface area contributed by atoms with Crippen molar-refractivity contribution in [1.29, 1.82) is 0 Å². The highest BCUT2D eigenvalue weighted by Gasteiger charge is 2.39. The molecule has 0 spiro atoms. The molecule has 2 heterocycles. The van der Waals surface area contributed by atoms with Crippen molar-refractivity contribution < 1.29 is 28.5 Å². The fourth-order valence-corrected chi connectivity index (χ4v) is 4.97. The monoisotopic (exact) mass is 529 g/mol. The lowest BCUT2D eigenvalue weighted by molar-refractivity contribution is -0.233. The van der Waals surface area contributed by atoms with Crippen molar-refractivity contribution >= 4 is 22.6 Å². The SMILES string of the molecule is CO[C@@H]1CC[C@H](Oc2ccc3c(O)c(NC(=O)c4ccc(-c5ccccc5)cc4)c(=O)oc3c2C)OC1(C)C. The topological polar surface area (TPSA) is 107 Å². The first-order chi connectivity index (χ1) is 18.7. The number of anilines is 1. The van der Waals surface area contributed by atoms with Crippen LogP contribution in [0.4, 0.5) is 5.69 Å². The Morgan fingerprint density at radius 3 is 2.36 bits per heavy atom. The Hall–Kier alpha value is -4.14. The van der Waals surface area contributed by atoms with Crippen molar-refractivity contribution in [3.63, 3.8) is 0 Å². The van der Waals surface area contributed by atoms with Crippen LogP contribution in [0, 0.1) is 6.92 Å². The van der Waals surface area contributed by atoms with Crippen molar-refractivity contribution in [2.24, 2.45) is 0 Å². The Balaban J connectivity index is 1.37. The lowest BCUT2D eigenvalue weighted by Gasteiger charge is -2.41. The molecule has 0 bridgehead atoms. The molecule has 5 rings (SSSR count). The maximum absolute atomic E-state index is 12.9. The standard InChI is InChI=1S/C31H31NO7/c1-18-23(37-25-17-16-24(36-4)31(2,3)39-25)15-14-22-27(33)26(30(35)38-28(18)22)32-29(34)21-12-10-20(11-13-21)19-8-6-5-7-9-19/h5-15,24-25,33H,16-17H2,1-4H3,(H,32,34)/t24-,25-/m1/s1.